The molecule has 0 radical (unpaired) electrons. The Balaban J connectivity index is 1.60. The van der Waals surface area contributed by atoms with E-state index in [4.69, 9.17) is 4.74 Å². The van der Waals surface area contributed by atoms with Crippen molar-refractivity contribution in [3.8, 4) is 11.1 Å². The number of anilines is 1. The van der Waals surface area contributed by atoms with E-state index >= 15 is 0 Å². The molecule has 140 valence electrons. The molecule has 4 heterocycles. The lowest BCUT2D eigenvalue weighted by molar-refractivity contribution is 0.0869. The van der Waals surface area contributed by atoms with Gasteiger partial charge in [-0.1, -0.05) is 6.92 Å². The molecule has 8 nitrogen and oxygen atoms in total. The van der Waals surface area contributed by atoms with Crippen LogP contribution in [-0.2, 0) is 11.2 Å². The van der Waals surface area contributed by atoms with Crippen LogP contribution in [0, 0.1) is 0 Å². The second kappa shape index (κ2) is 7.32. The third-order valence-electron chi connectivity index (χ3n) is 4.37. The van der Waals surface area contributed by atoms with Gasteiger partial charge in [0.2, 0.25) is 11.7 Å². The van der Waals surface area contributed by atoms with E-state index in [1.165, 1.54) is 0 Å². The number of rotatable bonds is 7. The van der Waals surface area contributed by atoms with E-state index in [0.717, 1.165) is 28.8 Å². The van der Waals surface area contributed by atoms with Crippen molar-refractivity contribution in [3.63, 3.8) is 0 Å². The molecular weight excluding hydrogens is 342 g/mol. The predicted octanol–water partition coefficient (Wildman–Crippen LogP) is 2.84. The summed E-state index contributed by atoms with van der Waals surface area (Å²) in [4.78, 5) is 13.2. The molecule has 0 spiro atoms. The van der Waals surface area contributed by atoms with Crippen molar-refractivity contribution in [2.45, 2.75) is 33.3 Å². The van der Waals surface area contributed by atoms with Crippen LogP contribution in [0.2, 0.25) is 0 Å². The van der Waals surface area contributed by atoms with Gasteiger partial charge in [-0.3, -0.25) is 4.40 Å². The summed E-state index contributed by atoms with van der Waals surface area (Å²) >= 11 is 0. The van der Waals surface area contributed by atoms with Crippen molar-refractivity contribution in [2.75, 3.05) is 18.5 Å². The van der Waals surface area contributed by atoms with Crippen LogP contribution >= 0.6 is 0 Å². The number of hydrogen-bond donors (Lipinski definition) is 1. The van der Waals surface area contributed by atoms with E-state index < -0.39 is 0 Å². The fourth-order valence-electron chi connectivity index (χ4n) is 3.00. The number of ether oxygens (including phenoxy) is 1. The van der Waals surface area contributed by atoms with Crippen LogP contribution in [0.3, 0.4) is 0 Å². The SMILES string of the molecule is CCc1cnc2ncc(-c3ccn4nc(NCCOC(C)C)ncc34)cn12. The summed E-state index contributed by atoms with van der Waals surface area (Å²) in [6, 6.07) is 2.03. The average molecular weight is 365 g/mol. The quantitative estimate of drug-likeness (QED) is 0.507. The monoisotopic (exact) mass is 365 g/mol. The van der Waals surface area contributed by atoms with Crippen LogP contribution < -0.4 is 5.32 Å². The molecule has 0 amide bonds. The number of imidazole rings is 1. The molecular formula is C19H23N7O. The van der Waals surface area contributed by atoms with Crippen molar-refractivity contribution in [2.24, 2.45) is 0 Å². The minimum absolute atomic E-state index is 0.219. The van der Waals surface area contributed by atoms with Crippen LogP contribution in [-0.4, -0.2) is 48.2 Å². The summed E-state index contributed by atoms with van der Waals surface area (Å²) in [6.45, 7) is 7.43. The van der Waals surface area contributed by atoms with Crippen LogP contribution in [0.5, 0.6) is 0 Å². The predicted molar refractivity (Wildman–Crippen MR) is 104 cm³/mol. The number of nitrogens with one attached hydrogen (secondary N) is 1. The van der Waals surface area contributed by atoms with Crippen molar-refractivity contribution in [1.82, 2.24) is 29.0 Å². The number of hydrogen-bond acceptors (Lipinski definition) is 6. The van der Waals surface area contributed by atoms with Crippen molar-refractivity contribution in [1.29, 1.82) is 0 Å². The third-order valence-corrected chi connectivity index (χ3v) is 4.37. The van der Waals surface area contributed by atoms with E-state index in [-0.39, 0.29) is 6.10 Å². The number of fused-ring (bicyclic) bond motifs is 2. The van der Waals surface area contributed by atoms with Crippen molar-refractivity contribution >= 4 is 17.2 Å². The largest absolute Gasteiger partial charge is 0.377 e. The Bertz CT molecular complexity index is 1070. The summed E-state index contributed by atoms with van der Waals surface area (Å²) in [5.74, 6) is 1.29. The summed E-state index contributed by atoms with van der Waals surface area (Å²) < 4.78 is 9.38. The van der Waals surface area contributed by atoms with Gasteiger partial charge in [-0.05, 0) is 26.3 Å². The Morgan fingerprint density at radius 1 is 1.15 bits per heavy atom. The lowest BCUT2D eigenvalue weighted by Gasteiger charge is -2.08. The van der Waals surface area contributed by atoms with E-state index in [1.54, 1.807) is 0 Å². The lowest BCUT2D eigenvalue weighted by atomic mass is 10.1. The van der Waals surface area contributed by atoms with Crippen LogP contribution in [0.15, 0.2) is 37.1 Å². The van der Waals surface area contributed by atoms with Crippen LogP contribution in [0.25, 0.3) is 22.4 Å². The molecule has 0 saturated carbocycles. The fourth-order valence-corrected chi connectivity index (χ4v) is 3.00. The maximum Gasteiger partial charge on any atom is 0.241 e. The van der Waals surface area contributed by atoms with Crippen LogP contribution in [0.4, 0.5) is 5.95 Å². The third kappa shape index (κ3) is 3.48. The molecule has 0 saturated heterocycles. The molecule has 8 heteroatoms. The molecule has 4 aromatic rings. The summed E-state index contributed by atoms with van der Waals surface area (Å²) in [7, 11) is 0. The minimum Gasteiger partial charge on any atom is -0.377 e. The van der Waals surface area contributed by atoms with Gasteiger partial charge in [0.25, 0.3) is 0 Å². The van der Waals surface area contributed by atoms with Crippen molar-refractivity contribution < 1.29 is 4.74 Å². The van der Waals surface area contributed by atoms with E-state index in [2.05, 4.69) is 38.5 Å². The molecule has 0 aliphatic heterocycles. The first-order valence-corrected chi connectivity index (χ1v) is 9.18. The molecule has 1 N–H and O–H groups in total. The van der Waals surface area contributed by atoms with Gasteiger partial charge in [-0.25, -0.2) is 19.5 Å². The number of aromatic nitrogens is 6. The normalized spacial score (nSPS) is 11.7. The zero-order chi connectivity index (χ0) is 18.8. The van der Waals surface area contributed by atoms with Gasteiger partial charge in [-0.2, -0.15) is 0 Å². The van der Waals surface area contributed by atoms with Gasteiger partial charge in [0.1, 0.15) is 0 Å². The van der Waals surface area contributed by atoms with Gasteiger partial charge in [0.05, 0.1) is 30.6 Å². The Kier molecular flexibility index (Phi) is 4.72. The average Bonchev–Trinajstić information content (AvgIpc) is 3.27. The van der Waals surface area contributed by atoms with Gasteiger partial charge in [0, 0.05) is 42.0 Å². The topological polar surface area (TPSA) is 81.6 Å². The Labute approximate surface area is 157 Å². The van der Waals surface area contributed by atoms with Crippen LogP contribution in [0.1, 0.15) is 26.5 Å². The number of aryl methyl sites for hydroxylation is 1. The molecule has 4 rings (SSSR count). The molecule has 0 unspecified atom stereocenters. The molecule has 4 aromatic heterocycles. The molecule has 0 aliphatic rings. The maximum atomic E-state index is 5.52. The van der Waals surface area contributed by atoms with E-state index in [1.807, 2.05) is 53.6 Å². The zero-order valence-corrected chi connectivity index (χ0v) is 15.8. The standard InChI is InChI=1S/C19H23N7O/c1-4-15-10-23-19-22-9-14(12-25(15)19)16-5-7-26-17(16)11-21-18(24-26)20-6-8-27-13(2)3/h5,7,9-13H,4,6,8H2,1-3H3,(H,20,24). The molecule has 0 atom stereocenters. The minimum atomic E-state index is 0.219. The first-order chi connectivity index (χ1) is 13.2. The Morgan fingerprint density at radius 2 is 2.00 bits per heavy atom. The molecule has 0 fully saturated rings. The highest BCUT2D eigenvalue weighted by molar-refractivity contribution is 5.79. The first-order valence-electron chi connectivity index (χ1n) is 9.18. The molecule has 0 aromatic carbocycles. The Hall–Kier alpha value is -3.00. The summed E-state index contributed by atoms with van der Waals surface area (Å²) in [5, 5.41) is 7.71. The first kappa shape index (κ1) is 17.4. The van der Waals surface area contributed by atoms with Gasteiger partial charge in [-0.15, -0.1) is 5.10 Å². The fraction of sp³-hybridized carbons (Fsp3) is 0.368. The molecule has 0 bridgehead atoms. The highest BCUT2D eigenvalue weighted by Gasteiger charge is 2.11. The van der Waals surface area contributed by atoms with Gasteiger partial charge in [0.15, 0.2) is 0 Å². The Morgan fingerprint density at radius 3 is 2.81 bits per heavy atom. The second-order valence-electron chi connectivity index (χ2n) is 6.60. The zero-order valence-electron chi connectivity index (χ0n) is 15.8. The molecule has 27 heavy (non-hydrogen) atoms. The highest BCUT2D eigenvalue weighted by Crippen LogP contribution is 2.25. The second-order valence-corrected chi connectivity index (χ2v) is 6.60. The smallest absolute Gasteiger partial charge is 0.241 e. The molecule has 0 aliphatic carbocycles. The van der Waals surface area contributed by atoms with Crippen molar-refractivity contribution in [3.05, 3.63) is 42.7 Å². The maximum absolute atomic E-state index is 5.52. The summed E-state index contributed by atoms with van der Waals surface area (Å²) in [5.41, 5.74) is 4.11. The van der Waals surface area contributed by atoms with E-state index in [9.17, 15) is 0 Å². The van der Waals surface area contributed by atoms with Gasteiger partial charge >= 0.3 is 0 Å². The van der Waals surface area contributed by atoms with E-state index in [0.29, 0.717) is 24.9 Å². The van der Waals surface area contributed by atoms with Gasteiger partial charge < -0.3 is 10.1 Å². The lowest BCUT2D eigenvalue weighted by Crippen LogP contribution is -2.15. The summed E-state index contributed by atoms with van der Waals surface area (Å²) in [6.07, 6.45) is 10.7. The number of nitrogens with zero attached hydrogens (tertiary/aromatic N) is 6. The highest BCUT2D eigenvalue weighted by atomic mass is 16.5.